The third-order valence-electron chi connectivity index (χ3n) is 4.31. The molecule has 0 spiro atoms. The molecule has 0 fully saturated rings. The van der Waals surface area contributed by atoms with Crippen LogP contribution in [0, 0.1) is 0 Å². The molecule has 1 atom stereocenters. The minimum atomic E-state index is -2.85. The highest BCUT2D eigenvalue weighted by Crippen LogP contribution is 2.19. The number of aromatic amines is 1. The Balaban J connectivity index is 1.47. The van der Waals surface area contributed by atoms with Crippen LogP contribution in [0.1, 0.15) is 24.1 Å². The number of aromatic nitrogens is 1. The van der Waals surface area contributed by atoms with Crippen molar-refractivity contribution in [2.75, 3.05) is 6.54 Å². The number of H-pyrrole nitrogens is 1. The van der Waals surface area contributed by atoms with Gasteiger partial charge in [-0.3, -0.25) is 0 Å². The molecule has 3 aromatic rings. The van der Waals surface area contributed by atoms with E-state index < -0.39 is 6.61 Å². The first kappa shape index (κ1) is 18.7. The van der Waals surface area contributed by atoms with Crippen molar-refractivity contribution < 1.29 is 18.3 Å². The first-order chi connectivity index (χ1) is 13.0. The van der Waals surface area contributed by atoms with E-state index >= 15 is 0 Å². The van der Waals surface area contributed by atoms with E-state index in [-0.39, 0.29) is 17.8 Å². The number of carbonyl (C=O) groups is 1. The predicted octanol–water partition coefficient (Wildman–Crippen LogP) is 4.37. The van der Waals surface area contributed by atoms with E-state index in [0.717, 1.165) is 22.0 Å². The molecule has 0 saturated heterocycles. The van der Waals surface area contributed by atoms with E-state index in [1.807, 2.05) is 37.4 Å². The third kappa shape index (κ3) is 4.97. The number of nitrogens with one attached hydrogen (secondary N) is 3. The molecule has 0 bridgehead atoms. The van der Waals surface area contributed by atoms with Crippen molar-refractivity contribution in [3.8, 4) is 5.75 Å². The van der Waals surface area contributed by atoms with Gasteiger partial charge in [0, 0.05) is 23.6 Å². The summed E-state index contributed by atoms with van der Waals surface area (Å²) >= 11 is 0. The topological polar surface area (TPSA) is 66.2 Å². The van der Waals surface area contributed by atoms with Crippen LogP contribution in [-0.2, 0) is 6.42 Å². The van der Waals surface area contributed by atoms with E-state index in [1.165, 1.54) is 12.1 Å². The molecular formula is C20H21F2N3O2. The van der Waals surface area contributed by atoms with Gasteiger partial charge in [-0.25, -0.2) is 4.79 Å². The number of ether oxygens (including phenoxy) is 1. The Morgan fingerprint density at radius 1 is 1.15 bits per heavy atom. The second-order valence-electron chi connectivity index (χ2n) is 6.18. The Labute approximate surface area is 155 Å². The summed E-state index contributed by atoms with van der Waals surface area (Å²) < 4.78 is 28.7. The standard InChI is InChI=1S/C20H21F2N3O2/c1-13(14-6-8-16(9-7-14)27-19(21)22)25-20(26)23-11-10-15-12-24-18-5-3-2-4-17(15)18/h2-9,12-13,19,24H,10-11H2,1H3,(H2,23,25,26). The lowest BCUT2D eigenvalue weighted by molar-refractivity contribution is -0.0498. The number of fused-ring (bicyclic) bond motifs is 1. The summed E-state index contributed by atoms with van der Waals surface area (Å²) in [6, 6.07) is 13.7. The first-order valence-corrected chi connectivity index (χ1v) is 8.67. The zero-order valence-electron chi connectivity index (χ0n) is 14.8. The molecule has 27 heavy (non-hydrogen) atoms. The number of benzene rings is 2. The number of alkyl halides is 2. The summed E-state index contributed by atoms with van der Waals surface area (Å²) in [6.45, 7) is -0.529. The number of hydrogen-bond acceptors (Lipinski definition) is 2. The summed E-state index contributed by atoms with van der Waals surface area (Å²) in [5, 5.41) is 6.81. The molecule has 0 aliphatic carbocycles. The van der Waals surface area contributed by atoms with Gasteiger partial charge in [-0.05, 0) is 42.7 Å². The SMILES string of the molecule is CC(NC(=O)NCCc1c[nH]c2ccccc12)c1ccc(OC(F)F)cc1. The smallest absolute Gasteiger partial charge is 0.387 e. The maximum atomic E-state index is 12.2. The number of hydrogen-bond donors (Lipinski definition) is 3. The fourth-order valence-electron chi connectivity index (χ4n) is 2.92. The van der Waals surface area contributed by atoms with Crippen LogP contribution in [0.4, 0.5) is 13.6 Å². The lowest BCUT2D eigenvalue weighted by Gasteiger charge is -2.15. The van der Waals surface area contributed by atoms with E-state index in [1.54, 1.807) is 12.1 Å². The number of halogens is 2. The van der Waals surface area contributed by atoms with Crippen LogP contribution in [-0.4, -0.2) is 24.2 Å². The normalized spacial score (nSPS) is 12.1. The summed E-state index contributed by atoms with van der Waals surface area (Å²) in [4.78, 5) is 15.3. The van der Waals surface area contributed by atoms with Crippen LogP contribution in [0.5, 0.6) is 5.75 Å². The second kappa shape index (κ2) is 8.53. The molecule has 0 radical (unpaired) electrons. The van der Waals surface area contributed by atoms with Crippen LogP contribution in [0.3, 0.4) is 0 Å². The van der Waals surface area contributed by atoms with Gasteiger partial charge in [0.05, 0.1) is 6.04 Å². The highest BCUT2D eigenvalue weighted by molar-refractivity contribution is 5.83. The molecule has 1 unspecified atom stereocenters. The Morgan fingerprint density at radius 3 is 2.63 bits per heavy atom. The van der Waals surface area contributed by atoms with E-state index in [2.05, 4.69) is 20.4 Å². The Kier molecular flexibility index (Phi) is 5.90. The van der Waals surface area contributed by atoms with Crippen molar-refractivity contribution in [3.05, 3.63) is 65.9 Å². The summed E-state index contributed by atoms with van der Waals surface area (Å²) in [7, 11) is 0. The molecule has 3 N–H and O–H groups in total. The average molecular weight is 373 g/mol. The van der Waals surface area contributed by atoms with Crippen molar-refractivity contribution in [2.24, 2.45) is 0 Å². The van der Waals surface area contributed by atoms with Gasteiger partial charge in [-0.2, -0.15) is 8.78 Å². The molecule has 142 valence electrons. The van der Waals surface area contributed by atoms with E-state index in [0.29, 0.717) is 13.0 Å². The molecule has 2 aromatic carbocycles. The van der Waals surface area contributed by atoms with Gasteiger partial charge in [0.25, 0.3) is 0 Å². The summed E-state index contributed by atoms with van der Waals surface area (Å²) in [6.07, 6.45) is 2.67. The fourth-order valence-corrected chi connectivity index (χ4v) is 2.92. The minimum absolute atomic E-state index is 0.0872. The molecule has 3 rings (SSSR count). The molecule has 0 aliphatic heterocycles. The highest BCUT2D eigenvalue weighted by atomic mass is 19.3. The van der Waals surface area contributed by atoms with Crippen molar-refractivity contribution in [2.45, 2.75) is 26.0 Å². The average Bonchev–Trinajstić information content (AvgIpc) is 3.05. The number of carbonyl (C=O) groups excluding carboxylic acids is 1. The molecule has 0 aliphatic rings. The van der Waals surface area contributed by atoms with Crippen LogP contribution in [0.15, 0.2) is 54.7 Å². The van der Waals surface area contributed by atoms with Crippen molar-refractivity contribution in [3.63, 3.8) is 0 Å². The van der Waals surface area contributed by atoms with Gasteiger partial charge in [0.15, 0.2) is 0 Å². The largest absolute Gasteiger partial charge is 0.435 e. The second-order valence-corrected chi connectivity index (χ2v) is 6.18. The van der Waals surface area contributed by atoms with Crippen molar-refractivity contribution >= 4 is 16.9 Å². The first-order valence-electron chi connectivity index (χ1n) is 8.67. The Hall–Kier alpha value is -3.09. The minimum Gasteiger partial charge on any atom is -0.435 e. The molecular weight excluding hydrogens is 352 g/mol. The predicted molar refractivity (Wildman–Crippen MR) is 100 cm³/mol. The number of amides is 2. The molecule has 5 nitrogen and oxygen atoms in total. The Morgan fingerprint density at radius 2 is 1.89 bits per heavy atom. The number of para-hydroxylation sites is 1. The van der Waals surface area contributed by atoms with Gasteiger partial charge in [-0.15, -0.1) is 0 Å². The van der Waals surface area contributed by atoms with Gasteiger partial charge in [0.2, 0.25) is 0 Å². The van der Waals surface area contributed by atoms with Crippen molar-refractivity contribution in [1.82, 2.24) is 15.6 Å². The fraction of sp³-hybridized carbons (Fsp3) is 0.250. The molecule has 2 amide bonds. The molecule has 1 heterocycles. The number of urea groups is 1. The summed E-state index contributed by atoms with van der Waals surface area (Å²) in [5.74, 6) is 0.0872. The zero-order chi connectivity index (χ0) is 19.2. The lowest BCUT2D eigenvalue weighted by atomic mass is 10.1. The van der Waals surface area contributed by atoms with Gasteiger partial charge < -0.3 is 20.4 Å². The highest BCUT2D eigenvalue weighted by Gasteiger charge is 2.11. The number of rotatable bonds is 7. The lowest BCUT2D eigenvalue weighted by Crippen LogP contribution is -2.38. The van der Waals surface area contributed by atoms with Gasteiger partial charge >= 0.3 is 12.6 Å². The molecule has 0 saturated carbocycles. The zero-order valence-corrected chi connectivity index (χ0v) is 14.8. The van der Waals surface area contributed by atoms with Crippen molar-refractivity contribution in [1.29, 1.82) is 0 Å². The van der Waals surface area contributed by atoms with Gasteiger partial charge in [0.1, 0.15) is 5.75 Å². The monoisotopic (exact) mass is 373 g/mol. The quantitative estimate of drug-likeness (QED) is 0.576. The maximum Gasteiger partial charge on any atom is 0.387 e. The molecule has 7 heteroatoms. The van der Waals surface area contributed by atoms with E-state index in [9.17, 15) is 13.6 Å². The third-order valence-corrected chi connectivity index (χ3v) is 4.31. The maximum absolute atomic E-state index is 12.2. The van der Waals surface area contributed by atoms with Crippen LogP contribution < -0.4 is 15.4 Å². The Bertz CT molecular complexity index is 894. The van der Waals surface area contributed by atoms with Gasteiger partial charge in [-0.1, -0.05) is 30.3 Å². The molecule has 1 aromatic heterocycles. The van der Waals surface area contributed by atoms with E-state index in [4.69, 9.17) is 0 Å². The summed E-state index contributed by atoms with van der Waals surface area (Å²) in [5.41, 5.74) is 3.02. The van der Waals surface area contributed by atoms with Crippen LogP contribution >= 0.6 is 0 Å². The van der Waals surface area contributed by atoms with Crippen LogP contribution in [0.2, 0.25) is 0 Å². The van der Waals surface area contributed by atoms with Crippen LogP contribution in [0.25, 0.3) is 10.9 Å².